The van der Waals surface area contributed by atoms with E-state index in [1.807, 2.05) is 0 Å². The lowest BCUT2D eigenvalue weighted by atomic mass is 10.2. The van der Waals surface area contributed by atoms with Crippen LogP contribution < -0.4 is 15.8 Å². The van der Waals surface area contributed by atoms with Crippen molar-refractivity contribution in [2.75, 3.05) is 25.1 Å². The maximum atomic E-state index is 13.1. The molecule has 0 saturated heterocycles. The van der Waals surface area contributed by atoms with Crippen molar-refractivity contribution in [1.82, 2.24) is 0 Å². The Morgan fingerprint density at radius 2 is 2.17 bits per heavy atom. The van der Waals surface area contributed by atoms with E-state index in [4.69, 9.17) is 15.2 Å². The monoisotopic (exact) mass is 254 g/mol. The van der Waals surface area contributed by atoms with Gasteiger partial charge in [-0.3, -0.25) is 4.79 Å². The molecule has 1 aromatic carbocycles. The number of carbonyl (C=O) groups is 1. The molecule has 1 atom stereocenters. The number of hydrogen-bond donors (Lipinski definition) is 2. The third-order valence-corrected chi connectivity index (χ3v) is 2.60. The van der Waals surface area contributed by atoms with Crippen molar-refractivity contribution in [1.29, 1.82) is 0 Å². The average Bonchev–Trinajstić information content (AvgIpc) is 2.37. The number of rotatable bonds is 0. The lowest BCUT2D eigenvalue weighted by Crippen LogP contribution is -2.36. The summed E-state index contributed by atoms with van der Waals surface area (Å²) in [5, 5.41) is 2.62. The van der Waals surface area contributed by atoms with Crippen LogP contribution >= 0.6 is 0 Å². The maximum absolute atomic E-state index is 13.1. The predicted molar refractivity (Wildman–Crippen MR) is 63.9 cm³/mol. The Morgan fingerprint density at radius 3 is 3.00 bits per heavy atom. The van der Waals surface area contributed by atoms with Gasteiger partial charge in [-0.2, -0.15) is 0 Å². The van der Waals surface area contributed by atoms with Crippen LogP contribution in [0.5, 0.6) is 5.75 Å². The van der Waals surface area contributed by atoms with Crippen LogP contribution in [0.2, 0.25) is 0 Å². The van der Waals surface area contributed by atoms with E-state index in [-0.39, 0.29) is 11.7 Å². The van der Waals surface area contributed by atoms with Crippen LogP contribution in [-0.4, -0.2) is 31.8 Å². The predicted octanol–water partition coefficient (Wildman–Crippen LogP) is 0.891. The van der Waals surface area contributed by atoms with Gasteiger partial charge < -0.3 is 20.5 Å². The number of anilines is 1. The molecule has 0 saturated carbocycles. The first kappa shape index (κ1) is 12.8. The molecule has 1 aliphatic heterocycles. The largest absolute Gasteiger partial charge is 0.489 e. The number of amides is 1. The molecule has 3 N–H and O–H groups in total. The highest BCUT2D eigenvalue weighted by molar-refractivity contribution is 5.95. The summed E-state index contributed by atoms with van der Waals surface area (Å²) in [6, 6.07) is 3.28. The summed E-state index contributed by atoms with van der Waals surface area (Å²) in [6.45, 7) is 1.06. The number of hydrogen-bond acceptors (Lipinski definition) is 4. The van der Waals surface area contributed by atoms with Crippen LogP contribution in [0.3, 0.4) is 0 Å². The molecule has 18 heavy (non-hydrogen) atoms. The molecule has 98 valence electrons. The van der Waals surface area contributed by atoms with Gasteiger partial charge in [0.25, 0.3) is 0 Å². The maximum Gasteiger partial charge on any atom is 0.241 e. The van der Waals surface area contributed by atoms with Gasteiger partial charge in [0.1, 0.15) is 18.2 Å². The van der Waals surface area contributed by atoms with Crippen LogP contribution in [0.4, 0.5) is 10.1 Å². The van der Waals surface area contributed by atoms with Gasteiger partial charge in [0, 0.05) is 12.7 Å². The number of ether oxygens (including phenoxy) is 2. The fourth-order valence-electron chi connectivity index (χ4n) is 1.60. The quantitative estimate of drug-likeness (QED) is 0.721. The van der Waals surface area contributed by atoms with Crippen LogP contribution in [-0.2, 0) is 9.53 Å². The third kappa shape index (κ3) is 3.18. The number of benzene rings is 1. The molecule has 2 rings (SSSR count). The minimum atomic E-state index is -0.652. The molecule has 0 bridgehead atoms. The van der Waals surface area contributed by atoms with Gasteiger partial charge in [-0.05, 0) is 18.6 Å². The van der Waals surface area contributed by atoms with Crippen molar-refractivity contribution in [3.05, 3.63) is 24.0 Å². The Morgan fingerprint density at radius 1 is 1.33 bits per heavy atom. The van der Waals surface area contributed by atoms with Crippen molar-refractivity contribution in [2.24, 2.45) is 5.73 Å². The van der Waals surface area contributed by atoms with Crippen LogP contribution in [0, 0.1) is 5.82 Å². The first-order valence-corrected chi connectivity index (χ1v) is 5.73. The van der Waals surface area contributed by atoms with Crippen LogP contribution in [0.15, 0.2) is 18.2 Å². The summed E-state index contributed by atoms with van der Waals surface area (Å²) in [6.07, 6.45) is 0.433. The van der Waals surface area contributed by atoms with Crippen molar-refractivity contribution in [3.8, 4) is 5.75 Å². The molecule has 1 heterocycles. The van der Waals surface area contributed by atoms with E-state index in [0.29, 0.717) is 31.9 Å². The first-order chi connectivity index (χ1) is 8.66. The molecule has 0 radical (unpaired) electrons. The highest BCUT2D eigenvalue weighted by atomic mass is 19.1. The fourth-order valence-corrected chi connectivity index (χ4v) is 1.60. The second-order valence-electron chi connectivity index (χ2n) is 3.99. The molecule has 1 amide bonds. The molecule has 0 spiro atoms. The van der Waals surface area contributed by atoms with Gasteiger partial charge in [-0.1, -0.05) is 0 Å². The van der Waals surface area contributed by atoms with Gasteiger partial charge in [-0.15, -0.1) is 0 Å². The Balaban J connectivity index is 2.23. The zero-order chi connectivity index (χ0) is 13.0. The van der Waals surface area contributed by atoms with E-state index < -0.39 is 11.9 Å². The summed E-state index contributed by atoms with van der Waals surface area (Å²) >= 11 is 0. The second kappa shape index (κ2) is 5.79. The summed E-state index contributed by atoms with van der Waals surface area (Å²) in [5.74, 6) is -0.485. The minimum Gasteiger partial charge on any atom is -0.489 e. The van der Waals surface area contributed by atoms with Gasteiger partial charge >= 0.3 is 0 Å². The average molecular weight is 254 g/mol. The topological polar surface area (TPSA) is 73.6 Å². The van der Waals surface area contributed by atoms with Gasteiger partial charge in [-0.25, -0.2) is 4.39 Å². The van der Waals surface area contributed by atoms with Crippen LogP contribution in [0.25, 0.3) is 0 Å². The number of carbonyl (C=O) groups excluding carboxylic acids is 1. The van der Waals surface area contributed by atoms with E-state index in [9.17, 15) is 9.18 Å². The lowest BCUT2D eigenvalue weighted by Gasteiger charge is -2.13. The fraction of sp³-hybridized carbons (Fsp3) is 0.417. The summed E-state index contributed by atoms with van der Waals surface area (Å²) < 4.78 is 23.7. The zero-order valence-electron chi connectivity index (χ0n) is 9.82. The molecule has 1 aromatic rings. The van der Waals surface area contributed by atoms with Crippen molar-refractivity contribution >= 4 is 11.6 Å². The van der Waals surface area contributed by atoms with E-state index in [1.54, 1.807) is 0 Å². The smallest absolute Gasteiger partial charge is 0.241 e. The van der Waals surface area contributed by atoms with Gasteiger partial charge in [0.2, 0.25) is 5.91 Å². The Kier molecular flexibility index (Phi) is 4.11. The third-order valence-electron chi connectivity index (χ3n) is 2.60. The zero-order valence-corrected chi connectivity index (χ0v) is 9.82. The SMILES string of the molecule is NC1CCOCCOc2cc(F)ccc2NC1=O. The summed E-state index contributed by atoms with van der Waals surface area (Å²) in [5.41, 5.74) is 6.11. The molecular formula is C12H15FN2O3. The highest BCUT2D eigenvalue weighted by Gasteiger charge is 2.17. The minimum absolute atomic E-state index is 0.279. The Bertz CT molecular complexity index is 439. The van der Waals surface area contributed by atoms with E-state index >= 15 is 0 Å². The molecule has 0 aliphatic carbocycles. The molecular weight excluding hydrogens is 239 g/mol. The summed E-state index contributed by atoms with van der Waals surface area (Å²) in [7, 11) is 0. The molecule has 1 aliphatic rings. The second-order valence-corrected chi connectivity index (χ2v) is 3.99. The van der Waals surface area contributed by atoms with Gasteiger partial charge in [0.15, 0.2) is 0 Å². The number of fused-ring (bicyclic) bond motifs is 1. The Labute approximate surface area is 104 Å². The Hall–Kier alpha value is -1.66. The number of nitrogens with two attached hydrogens (primary N) is 1. The van der Waals surface area contributed by atoms with E-state index in [0.717, 1.165) is 0 Å². The first-order valence-electron chi connectivity index (χ1n) is 5.73. The lowest BCUT2D eigenvalue weighted by molar-refractivity contribution is -0.117. The van der Waals surface area contributed by atoms with Crippen molar-refractivity contribution in [2.45, 2.75) is 12.5 Å². The van der Waals surface area contributed by atoms with Crippen LogP contribution in [0.1, 0.15) is 6.42 Å². The van der Waals surface area contributed by atoms with E-state index in [2.05, 4.69) is 5.32 Å². The molecule has 6 heteroatoms. The van der Waals surface area contributed by atoms with Gasteiger partial charge in [0.05, 0.1) is 18.3 Å². The molecule has 0 fully saturated rings. The normalized spacial score (nSPS) is 21.2. The standard InChI is InChI=1S/C12H15FN2O3/c13-8-1-2-10-11(7-8)18-6-5-17-4-3-9(14)12(16)15-10/h1-2,7,9H,3-6,14H2,(H,15,16). The molecule has 5 nitrogen and oxygen atoms in total. The molecule has 0 aromatic heterocycles. The molecule has 1 unspecified atom stereocenters. The highest BCUT2D eigenvalue weighted by Crippen LogP contribution is 2.25. The van der Waals surface area contributed by atoms with Crippen molar-refractivity contribution < 1.29 is 18.7 Å². The van der Waals surface area contributed by atoms with E-state index in [1.165, 1.54) is 18.2 Å². The van der Waals surface area contributed by atoms with Crippen molar-refractivity contribution in [3.63, 3.8) is 0 Å². The summed E-state index contributed by atoms with van der Waals surface area (Å²) in [4.78, 5) is 11.8. The number of nitrogens with one attached hydrogen (secondary N) is 1. The number of halogens is 1.